The topological polar surface area (TPSA) is 153 Å². The fraction of sp³-hybridized carbons (Fsp3) is 0.455. The molecule has 4 aromatic rings. The van der Waals surface area contributed by atoms with Gasteiger partial charge in [0, 0.05) is 44.2 Å². The van der Waals surface area contributed by atoms with Crippen molar-refractivity contribution in [3.8, 4) is 28.4 Å². The molecule has 1 aliphatic carbocycles. The number of hydrogen-bond donors (Lipinski definition) is 1. The summed E-state index contributed by atoms with van der Waals surface area (Å²) < 4.78 is 19.7. The Bertz CT molecular complexity index is 2320. The summed E-state index contributed by atoms with van der Waals surface area (Å²) in [6, 6.07) is 9.86. The second-order valence-corrected chi connectivity index (χ2v) is 16.3. The Kier molecular flexibility index (Phi) is 10.8. The quantitative estimate of drug-likeness (QED) is 0.150. The minimum Gasteiger partial charge on any atom is -0.496 e. The van der Waals surface area contributed by atoms with E-state index in [1.165, 1.54) is 0 Å². The Balaban J connectivity index is 0.788. The highest BCUT2D eigenvalue weighted by Crippen LogP contribution is 2.50. The van der Waals surface area contributed by atoms with E-state index in [0.717, 1.165) is 103 Å². The van der Waals surface area contributed by atoms with Gasteiger partial charge in [-0.1, -0.05) is 0 Å². The zero-order valence-corrected chi connectivity index (χ0v) is 33.5. The first-order valence-electron chi connectivity index (χ1n) is 20.1. The van der Waals surface area contributed by atoms with E-state index in [2.05, 4.69) is 27.1 Å². The lowest BCUT2D eigenvalue weighted by Crippen LogP contribution is -2.54. The number of fused-ring (bicyclic) bond motifs is 2. The number of aryl methyl sites for hydroxylation is 1. The molecule has 0 radical (unpaired) electrons. The van der Waals surface area contributed by atoms with Crippen LogP contribution in [0.25, 0.3) is 21.9 Å². The minimum absolute atomic E-state index is 0.0537. The Labute approximate surface area is 337 Å². The van der Waals surface area contributed by atoms with Gasteiger partial charge in [-0.15, -0.1) is 0 Å². The van der Waals surface area contributed by atoms with Crippen molar-refractivity contribution >= 4 is 34.4 Å². The highest BCUT2D eigenvalue weighted by atomic mass is 16.5. The lowest BCUT2D eigenvalue weighted by atomic mass is 9.61. The van der Waals surface area contributed by atoms with Crippen LogP contribution in [0.15, 0.2) is 59.8 Å². The summed E-state index contributed by atoms with van der Waals surface area (Å²) in [6.07, 6.45) is 11.8. The molecule has 4 amide bonds. The van der Waals surface area contributed by atoms with Crippen LogP contribution in [0.3, 0.4) is 0 Å². The Morgan fingerprint density at radius 2 is 1.62 bits per heavy atom. The van der Waals surface area contributed by atoms with Crippen LogP contribution < -0.4 is 25.1 Å². The summed E-state index contributed by atoms with van der Waals surface area (Å²) >= 11 is 0. The highest BCUT2D eigenvalue weighted by molar-refractivity contribution is 6.23. The molecule has 2 aromatic carbocycles. The standard InChI is InChI=1S/C44H50N6O8/c1-47(25-35-37(56-3)19-27(20-38(35)57-4)34-26-48(2)41(53)33-24-45-14-11-30(33)34)15-5-6-16-49-17-12-44(13-18-49)22-29(23-44)58-28-7-8-31-32(21-28)43(55)50(42(31)54)36-9-10-39(51)46-40(36)52/h7-8,11,14,19-21,24,26,29,36H,5-6,9-10,12-13,15-18,22-23,25H2,1-4H3,(H,46,51,52). The van der Waals surface area contributed by atoms with Crippen LogP contribution in [-0.2, 0) is 23.2 Å². The number of hydrogen-bond acceptors (Lipinski definition) is 11. The third kappa shape index (κ3) is 7.46. The number of rotatable bonds is 13. The number of likely N-dealkylation sites (tertiary alicyclic amines) is 1. The second-order valence-electron chi connectivity index (χ2n) is 16.3. The molecule has 0 bridgehead atoms. The van der Waals surface area contributed by atoms with Gasteiger partial charge in [0.1, 0.15) is 23.3 Å². The largest absolute Gasteiger partial charge is 0.496 e. The summed E-state index contributed by atoms with van der Waals surface area (Å²) in [4.78, 5) is 73.1. The molecule has 3 aliphatic heterocycles. The third-order valence-electron chi connectivity index (χ3n) is 12.5. The van der Waals surface area contributed by atoms with E-state index in [4.69, 9.17) is 14.2 Å². The molecule has 14 heteroatoms. The number of methoxy groups -OCH3 is 2. The number of aromatic nitrogens is 2. The van der Waals surface area contributed by atoms with Crippen LogP contribution in [0.5, 0.6) is 17.2 Å². The van der Waals surface area contributed by atoms with Gasteiger partial charge in [-0.05, 0) is 131 Å². The first-order valence-corrected chi connectivity index (χ1v) is 20.1. The molecule has 2 saturated heterocycles. The van der Waals surface area contributed by atoms with Gasteiger partial charge >= 0.3 is 0 Å². The van der Waals surface area contributed by atoms with Crippen molar-refractivity contribution in [2.75, 3.05) is 47.4 Å². The van der Waals surface area contributed by atoms with Gasteiger partial charge in [0.05, 0.1) is 42.4 Å². The van der Waals surface area contributed by atoms with E-state index in [1.54, 1.807) is 56.4 Å². The third-order valence-corrected chi connectivity index (χ3v) is 12.5. The molecule has 1 spiro atoms. The monoisotopic (exact) mass is 790 g/mol. The molecule has 14 nitrogen and oxygen atoms in total. The van der Waals surface area contributed by atoms with Crippen molar-refractivity contribution in [3.63, 3.8) is 0 Å². The molecule has 1 saturated carbocycles. The van der Waals surface area contributed by atoms with Gasteiger partial charge in [-0.2, -0.15) is 0 Å². The van der Waals surface area contributed by atoms with Crippen LogP contribution >= 0.6 is 0 Å². The predicted octanol–water partition coefficient (Wildman–Crippen LogP) is 4.55. The number of nitrogens with zero attached hydrogens (tertiary/aromatic N) is 5. The maximum atomic E-state index is 13.2. The van der Waals surface area contributed by atoms with Crippen LogP contribution in [-0.4, -0.2) is 107 Å². The van der Waals surface area contributed by atoms with Crippen molar-refractivity contribution in [2.24, 2.45) is 12.5 Å². The van der Waals surface area contributed by atoms with Crippen molar-refractivity contribution in [1.29, 1.82) is 0 Å². The average Bonchev–Trinajstić information content (AvgIpc) is 3.45. The van der Waals surface area contributed by atoms with Gasteiger partial charge in [0.25, 0.3) is 17.4 Å². The molecule has 2 aromatic heterocycles. The number of amides is 4. The van der Waals surface area contributed by atoms with Crippen molar-refractivity contribution in [1.82, 2.24) is 29.6 Å². The average molecular weight is 791 g/mol. The van der Waals surface area contributed by atoms with Crippen LogP contribution in [0.2, 0.25) is 0 Å². The summed E-state index contributed by atoms with van der Waals surface area (Å²) in [7, 11) is 7.22. The van der Waals surface area contributed by atoms with Crippen molar-refractivity contribution < 1.29 is 33.4 Å². The molecule has 1 atom stereocenters. The summed E-state index contributed by atoms with van der Waals surface area (Å²) in [5, 5.41) is 3.62. The summed E-state index contributed by atoms with van der Waals surface area (Å²) in [5.74, 6) is -0.0352. The van der Waals surface area contributed by atoms with Crippen LogP contribution in [0.4, 0.5) is 0 Å². The van der Waals surface area contributed by atoms with Gasteiger partial charge in [0.15, 0.2) is 0 Å². The minimum atomic E-state index is -0.987. The number of nitrogens with one attached hydrogen (secondary N) is 1. The zero-order valence-electron chi connectivity index (χ0n) is 33.5. The van der Waals surface area contributed by atoms with E-state index in [0.29, 0.717) is 17.7 Å². The number of ether oxygens (including phenoxy) is 3. The highest BCUT2D eigenvalue weighted by Gasteiger charge is 2.48. The van der Waals surface area contributed by atoms with Crippen LogP contribution in [0.1, 0.15) is 77.6 Å². The zero-order chi connectivity index (χ0) is 40.7. The maximum Gasteiger partial charge on any atom is 0.262 e. The molecule has 58 heavy (non-hydrogen) atoms. The van der Waals surface area contributed by atoms with Gasteiger partial charge in [0.2, 0.25) is 11.8 Å². The molecule has 3 fully saturated rings. The van der Waals surface area contributed by atoms with Gasteiger partial charge in [-0.3, -0.25) is 39.2 Å². The molecule has 8 rings (SSSR count). The SMILES string of the molecule is COc1cc(-c2cn(C)c(=O)c3cnccc23)cc(OC)c1CN(C)CCCCN1CCC2(CC1)CC(Oc1ccc3c(c1)C(=O)N(C1CCC(=O)NC1=O)C3=O)C2. The Morgan fingerprint density at radius 3 is 2.33 bits per heavy atom. The first-order chi connectivity index (χ1) is 28.0. The number of imide groups is 2. The van der Waals surface area contributed by atoms with E-state index in [1.807, 2.05) is 24.4 Å². The fourth-order valence-electron chi connectivity index (χ4n) is 9.27. The second kappa shape index (κ2) is 16.0. The van der Waals surface area contributed by atoms with E-state index in [9.17, 15) is 24.0 Å². The number of benzene rings is 2. The molecule has 1 unspecified atom stereocenters. The lowest BCUT2D eigenvalue weighted by Gasteiger charge is -2.51. The summed E-state index contributed by atoms with van der Waals surface area (Å²) in [5.41, 5.74) is 3.46. The molecule has 4 aliphatic rings. The lowest BCUT2D eigenvalue weighted by molar-refractivity contribution is -0.136. The fourth-order valence-corrected chi connectivity index (χ4v) is 9.27. The number of carbonyl (C=O) groups is 4. The maximum absolute atomic E-state index is 13.2. The number of pyridine rings is 2. The van der Waals surface area contributed by atoms with Crippen LogP contribution in [0, 0.1) is 5.41 Å². The smallest absolute Gasteiger partial charge is 0.262 e. The van der Waals surface area contributed by atoms with Crippen molar-refractivity contribution in [2.45, 2.75) is 70.1 Å². The molecule has 5 heterocycles. The van der Waals surface area contributed by atoms with Crippen molar-refractivity contribution in [3.05, 3.63) is 82.0 Å². The molecule has 1 N–H and O–H groups in total. The normalized spacial score (nSPS) is 19.5. The van der Waals surface area contributed by atoms with Gasteiger partial charge < -0.3 is 28.6 Å². The van der Waals surface area contributed by atoms with E-state index < -0.39 is 29.7 Å². The number of unbranched alkanes of at least 4 members (excludes halogenated alkanes) is 1. The van der Waals surface area contributed by atoms with E-state index >= 15 is 0 Å². The van der Waals surface area contributed by atoms with E-state index in [-0.39, 0.29) is 41.0 Å². The number of carbonyl (C=O) groups excluding carboxylic acids is 4. The molecular weight excluding hydrogens is 741 g/mol. The Morgan fingerprint density at radius 1 is 0.897 bits per heavy atom. The predicted molar refractivity (Wildman–Crippen MR) is 216 cm³/mol. The number of piperidine rings is 2. The summed E-state index contributed by atoms with van der Waals surface area (Å²) in [6.45, 7) is 4.79. The first kappa shape index (κ1) is 39.2. The van der Waals surface area contributed by atoms with Gasteiger partial charge in [-0.25, -0.2) is 0 Å². The molecule has 304 valence electrons. The Hall–Kier alpha value is -5.60. The molecular formula is C44H50N6O8.